The van der Waals surface area contributed by atoms with Gasteiger partial charge in [0.25, 0.3) is 0 Å². The summed E-state index contributed by atoms with van der Waals surface area (Å²) in [6.45, 7) is 5.39. The molecule has 1 unspecified atom stereocenters. The third-order valence-electron chi connectivity index (χ3n) is 4.83. The molecule has 4 nitrogen and oxygen atoms in total. The van der Waals surface area contributed by atoms with Crippen molar-refractivity contribution in [2.45, 2.75) is 32.7 Å². The summed E-state index contributed by atoms with van der Waals surface area (Å²) in [6.07, 6.45) is 1.65. The van der Waals surface area contributed by atoms with Crippen molar-refractivity contribution in [1.29, 1.82) is 0 Å². The zero-order chi connectivity index (χ0) is 18.7. The van der Waals surface area contributed by atoms with E-state index in [1.807, 2.05) is 33.0 Å². The zero-order valence-electron chi connectivity index (χ0n) is 15.5. The fraction of sp³-hybridized carbons (Fsp3) is 0.381. The van der Waals surface area contributed by atoms with Gasteiger partial charge in [-0.25, -0.2) is 9.18 Å². The molecular formula is C21H25FN2O2. The van der Waals surface area contributed by atoms with Crippen LogP contribution in [0.5, 0.6) is 0 Å². The minimum absolute atomic E-state index is 0.271. The van der Waals surface area contributed by atoms with Crippen molar-refractivity contribution in [2.24, 2.45) is 0 Å². The number of rotatable bonds is 4. The summed E-state index contributed by atoms with van der Waals surface area (Å²) in [5.41, 5.74) is 4.23. The fourth-order valence-corrected chi connectivity index (χ4v) is 3.50. The van der Waals surface area contributed by atoms with Gasteiger partial charge in [0.05, 0.1) is 5.69 Å². The second kappa shape index (κ2) is 7.87. The molecule has 1 amide bonds. The fourth-order valence-electron chi connectivity index (χ4n) is 3.50. The molecule has 1 aliphatic rings. The normalized spacial score (nSPS) is 17.3. The predicted molar refractivity (Wildman–Crippen MR) is 102 cm³/mol. The highest BCUT2D eigenvalue weighted by molar-refractivity contribution is 5.91. The van der Waals surface area contributed by atoms with E-state index >= 15 is 0 Å². The molecule has 0 aromatic heterocycles. The highest BCUT2D eigenvalue weighted by atomic mass is 19.1. The van der Waals surface area contributed by atoms with Gasteiger partial charge in [-0.3, -0.25) is 5.32 Å². The molecular weight excluding hydrogens is 331 g/mol. The number of nitrogens with zero attached hydrogens (tertiary/aromatic N) is 1. The van der Waals surface area contributed by atoms with Crippen molar-refractivity contribution in [3.63, 3.8) is 0 Å². The number of likely N-dealkylation sites (N-methyl/N-ethyl adjacent to an activating group) is 1. The molecule has 0 radical (unpaired) electrons. The Balaban J connectivity index is 1.76. The molecule has 1 N–H and O–H groups in total. The van der Waals surface area contributed by atoms with Gasteiger partial charge in [0.2, 0.25) is 0 Å². The lowest BCUT2D eigenvalue weighted by molar-refractivity contribution is 0.127. The van der Waals surface area contributed by atoms with Gasteiger partial charge in [0, 0.05) is 11.6 Å². The molecule has 1 fully saturated rings. The Bertz CT molecular complexity index is 786. The molecule has 1 saturated heterocycles. The molecule has 0 bridgehead atoms. The van der Waals surface area contributed by atoms with Crippen LogP contribution in [-0.2, 0) is 4.74 Å². The molecule has 5 heteroatoms. The average Bonchev–Trinajstić information content (AvgIpc) is 2.99. The van der Waals surface area contributed by atoms with Gasteiger partial charge in [-0.15, -0.1) is 0 Å². The Morgan fingerprint density at radius 1 is 1.23 bits per heavy atom. The van der Waals surface area contributed by atoms with Crippen LogP contribution in [0, 0.1) is 19.7 Å². The summed E-state index contributed by atoms with van der Waals surface area (Å²) >= 11 is 0. The summed E-state index contributed by atoms with van der Waals surface area (Å²) in [4.78, 5) is 14.4. The van der Waals surface area contributed by atoms with E-state index in [9.17, 15) is 9.18 Å². The highest BCUT2D eigenvalue weighted by Gasteiger charge is 2.22. The zero-order valence-corrected chi connectivity index (χ0v) is 15.5. The number of halogens is 1. The van der Waals surface area contributed by atoms with E-state index in [1.165, 1.54) is 12.1 Å². The maximum absolute atomic E-state index is 13.8. The monoisotopic (exact) mass is 356 g/mol. The van der Waals surface area contributed by atoms with Crippen LogP contribution >= 0.6 is 0 Å². The summed E-state index contributed by atoms with van der Waals surface area (Å²) in [6, 6.07) is 10.6. The number of carbonyl (C=O) groups excluding carboxylic acids is 1. The van der Waals surface area contributed by atoms with E-state index in [0.717, 1.165) is 36.1 Å². The first-order valence-corrected chi connectivity index (χ1v) is 8.94. The van der Waals surface area contributed by atoms with E-state index in [1.54, 1.807) is 6.07 Å². The summed E-state index contributed by atoms with van der Waals surface area (Å²) in [5.74, 6) is -0.342. The SMILES string of the molecule is Cc1cc(C)cc(-c2cc(F)ccc2NC(=O)OCC2CCCN2C)c1. The first kappa shape index (κ1) is 18.4. The first-order chi connectivity index (χ1) is 12.4. The second-order valence-corrected chi connectivity index (χ2v) is 7.07. The minimum atomic E-state index is -0.512. The van der Waals surface area contributed by atoms with Crippen LogP contribution in [0.3, 0.4) is 0 Å². The number of ether oxygens (including phenoxy) is 1. The van der Waals surface area contributed by atoms with Gasteiger partial charge >= 0.3 is 6.09 Å². The summed E-state index contributed by atoms with van der Waals surface area (Å²) in [7, 11) is 2.04. The number of likely N-dealkylation sites (tertiary alicyclic amines) is 1. The Morgan fingerprint density at radius 2 is 1.96 bits per heavy atom. The van der Waals surface area contributed by atoms with Crippen molar-refractivity contribution in [2.75, 3.05) is 25.5 Å². The van der Waals surface area contributed by atoms with Crippen molar-refractivity contribution in [1.82, 2.24) is 4.90 Å². The quantitative estimate of drug-likeness (QED) is 0.859. The van der Waals surface area contributed by atoms with Crippen LogP contribution in [0.1, 0.15) is 24.0 Å². The summed E-state index contributed by atoms with van der Waals surface area (Å²) < 4.78 is 19.2. The van der Waals surface area contributed by atoms with E-state index in [-0.39, 0.29) is 11.9 Å². The largest absolute Gasteiger partial charge is 0.448 e. The minimum Gasteiger partial charge on any atom is -0.448 e. The average molecular weight is 356 g/mol. The van der Waals surface area contributed by atoms with Crippen molar-refractivity contribution < 1.29 is 13.9 Å². The topological polar surface area (TPSA) is 41.6 Å². The van der Waals surface area contributed by atoms with Gasteiger partial charge in [0.1, 0.15) is 12.4 Å². The molecule has 1 atom stereocenters. The lowest BCUT2D eigenvalue weighted by atomic mass is 9.99. The number of carbonyl (C=O) groups is 1. The lowest BCUT2D eigenvalue weighted by Gasteiger charge is -2.19. The van der Waals surface area contributed by atoms with Gasteiger partial charge in [-0.2, -0.15) is 0 Å². The third kappa shape index (κ3) is 4.41. The van der Waals surface area contributed by atoms with E-state index in [0.29, 0.717) is 17.9 Å². The molecule has 0 spiro atoms. The van der Waals surface area contributed by atoms with E-state index < -0.39 is 6.09 Å². The molecule has 2 aromatic rings. The number of hydrogen-bond acceptors (Lipinski definition) is 3. The molecule has 3 rings (SSSR count). The van der Waals surface area contributed by atoms with Crippen molar-refractivity contribution >= 4 is 11.8 Å². The maximum atomic E-state index is 13.8. The van der Waals surface area contributed by atoms with Crippen molar-refractivity contribution in [3.8, 4) is 11.1 Å². The molecule has 0 aliphatic carbocycles. The Hall–Kier alpha value is -2.40. The Morgan fingerprint density at radius 3 is 2.62 bits per heavy atom. The smallest absolute Gasteiger partial charge is 0.411 e. The lowest BCUT2D eigenvalue weighted by Crippen LogP contribution is -2.31. The Labute approximate surface area is 154 Å². The molecule has 1 aliphatic heterocycles. The highest BCUT2D eigenvalue weighted by Crippen LogP contribution is 2.30. The molecule has 0 saturated carbocycles. The number of nitrogens with one attached hydrogen (secondary N) is 1. The van der Waals surface area contributed by atoms with Crippen LogP contribution in [0.4, 0.5) is 14.9 Å². The third-order valence-corrected chi connectivity index (χ3v) is 4.83. The van der Waals surface area contributed by atoms with Crippen LogP contribution in [-0.4, -0.2) is 37.2 Å². The van der Waals surface area contributed by atoms with Gasteiger partial charge in [0.15, 0.2) is 0 Å². The number of amides is 1. The van der Waals surface area contributed by atoms with Crippen LogP contribution < -0.4 is 5.32 Å². The van der Waals surface area contributed by atoms with Crippen molar-refractivity contribution in [3.05, 3.63) is 53.3 Å². The van der Waals surface area contributed by atoms with E-state index in [2.05, 4.69) is 16.3 Å². The van der Waals surface area contributed by atoms with Crippen LogP contribution in [0.2, 0.25) is 0 Å². The molecule has 26 heavy (non-hydrogen) atoms. The van der Waals surface area contributed by atoms with Gasteiger partial charge in [-0.05, 0) is 64.0 Å². The molecule has 2 aromatic carbocycles. The molecule has 1 heterocycles. The number of anilines is 1. The second-order valence-electron chi connectivity index (χ2n) is 7.07. The summed E-state index contributed by atoms with van der Waals surface area (Å²) in [5, 5.41) is 2.77. The van der Waals surface area contributed by atoms with Crippen LogP contribution in [0.25, 0.3) is 11.1 Å². The Kier molecular flexibility index (Phi) is 5.57. The van der Waals surface area contributed by atoms with Gasteiger partial charge in [-0.1, -0.05) is 29.3 Å². The van der Waals surface area contributed by atoms with E-state index in [4.69, 9.17) is 4.74 Å². The molecule has 138 valence electrons. The number of benzene rings is 2. The first-order valence-electron chi connectivity index (χ1n) is 8.94. The number of aryl methyl sites for hydroxylation is 2. The maximum Gasteiger partial charge on any atom is 0.411 e. The standard InChI is InChI=1S/C21H25FN2O2/c1-14-9-15(2)11-16(10-14)19-12-17(22)6-7-20(19)23-21(25)26-13-18-5-4-8-24(18)3/h6-7,9-12,18H,4-5,8,13H2,1-3H3,(H,23,25). The number of hydrogen-bond donors (Lipinski definition) is 1. The predicted octanol–water partition coefficient (Wildman–Crippen LogP) is 4.75. The van der Waals surface area contributed by atoms with Gasteiger partial charge < -0.3 is 9.64 Å². The van der Waals surface area contributed by atoms with Crippen LogP contribution in [0.15, 0.2) is 36.4 Å².